The normalized spacial score (nSPS) is 13.8. The summed E-state index contributed by atoms with van der Waals surface area (Å²) in [7, 11) is 1.57. The van der Waals surface area contributed by atoms with E-state index in [2.05, 4.69) is 0 Å². The SMILES string of the molecule is COc1cccc(C(=O)N2CCN(C(=O)c3ccc(C#N)cc3)CC2)c1. The molecule has 2 aromatic carbocycles. The fourth-order valence-electron chi connectivity index (χ4n) is 2.92. The Bertz CT molecular complexity index is 847. The maximum Gasteiger partial charge on any atom is 0.254 e. The lowest BCUT2D eigenvalue weighted by Gasteiger charge is -2.35. The Morgan fingerprint density at radius 1 is 0.923 bits per heavy atom. The first kappa shape index (κ1) is 17.5. The predicted molar refractivity (Wildman–Crippen MR) is 96.0 cm³/mol. The lowest BCUT2D eigenvalue weighted by atomic mass is 10.1. The number of hydrogen-bond donors (Lipinski definition) is 0. The van der Waals surface area contributed by atoms with Crippen LogP contribution >= 0.6 is 0 Å². The van der Waals surface area contributed by atoms with Crippen LogP contribution in [0.1, 0.15) is 26.3 Å². The maximum absolute atomic E-state index is 12.6. The van der Waals surface area contributed by atoms with Gasteiger partial charge in [-0.25, -0.2) is 0 Å². The third-order valence-corrected chi connectivity index (χ3v) is 4.43. The number of rotatable bonds is 3. The minimum Gasteiger partial charge on any atom is -0.497 e. The third kappa shape index (κ3) is 3.67. The summed E-state index contributed by atoms with van der Waals surface area (Å²) in [5.41, 5.74) is 1.66. The van der Waals surface area contributed by atoms with Crippen molar-refractivity contribution in [3.8, 4) is 11.8 Å². The van der Waals surface area contributed by atoms with Crippen LogP contribution in [0, 0.1) is 11.3 Å². The van der Waals surface area contributed by atoms with Crippen molar-refractivity contribution in [1.29, 1.82) is 5.26 Å². The number of amides is 2. The summed E-state index contributed by atoms with van der Waals surface area (Å²) >= 11 is 0. The molecule has 0 atom stereocenters. The Morgan fingerprint density at radius 3 is 2.04 bits per heavy atom. The van der Waals surface area contributed by atoms with Crippen LogP contribution < -0.4 is 4.74 Å². The molecule has 0 unspecified atom stereocenters. The van der Waals surface area contributed by atoms with Crippen LogP contribution in [0.15, 0.2) is 48.5 Å². The van der Waals surface area contributed by atoms with Crippen molar-refractivity contribution < 1.29 is 14.3 Å². The summed E-state index contributed by atoms with van der Waals surface area (Å²) < 4.78 is 5.16. The number of nitriles is 1. The summed E-state index contributed by atoms with van der Waals surface area (Å²) in [6, 6.07) is 15.7. The van der Waals surface area contributed by atoms with Gasteiger partial charge in [0.15, 0.2) is 0 Å². The zero-order valence-electron chi connectivity index (χ0n) is 14.5. The van der Waals surface area contributed by atoms with Gasteiger partial charge >= 0.3 is 0 Å². The van der Waals surface area contributed by atoms with Crippen molar-refractivity contribution in [2.24, 2.45) is 0 Å². The van der Waals surface area contributed by atoms with Crippen molar-refractivity contribution in [3.63, 3.8) is 0 Å². The molecule has 0 bridgehead atoms. The number of benzene rings is 2. The molecule has 6 heteroatoms. The van der Waals surface area contributed by atoms with E-state index in [1.54, 1.807) is 65.4 Å². The molecule has 0 radical (unpaired) electrons. The van der Waals surface area contributed by atoms with Crippen LogP contribution in [-0.4, -0.2) is 54.9 Å². The van der Waals surface area contributed by atoms with E-state index in [4.69, 9.17) is 10.00 Å². The first-order valence-corrected chi connectivity index (χ1v) is 8.35. The molecule has 0 spiro atoms. The highest BCUT2D eigenvalue weighted by Crippen LogP contribution is 2.16. The van der Waals surface area contributed by atoms with Gasteiger partial charge in [-0.2, -0.15) is 5.26 Å². The standard InChI is InChI=1S/C20H19N3O3/c1-26-18-4-2-3-17(13-18)20(25)23-11-9-22(10-12-23)19(24)16-7-5-15(14-21)6-8-16/h2-8,13H,9-12H2,1H3. The first-order chi connectivity index (χ1) is 12.6. The Hall–Kier alpha value is -3.33. The fraction of sp³-hybridized carbons (Fsp3) is 0.250. The minimum absolute atomic E-state index is 0.0608. The van der Waals surface area contributed by atoms with Gasteiger partial charge in [-0.15, -0.1) is 0 Å². The largest absolute Gasteiger partial charge is 0.497 e. The molecule has 132 valence electrons. The number of methoxy groups -OCH3 is 1. The van der Waals surface area contributed by atoms with Crippen molar-refractivity contribution in [3.05, 3.63) is 65.2 Å². The predicted octanol–water partition coefficient (Wildman–Crippen LogP) is 2.17. The van der Waals surface area contributed by atoms with Gasteiger partial charge < -0.3 is 14.5 Å². The number of hydrogen-bond acceptors (Lipinski definition) is 4. The molecular formula is C20H19N3O3. The molecule has 6 nitrogen and oxygen atoms in total. The average Bonchev–Trinajstić information content (AvgIpc) is 2.73. The molecule has 0 aliphatic carbocycles. The van der Waals surface area contributed by atoms with Crippen LogP contribution in [-0.2, 0) is 0 Å². The van der Waals surface area contributed by atoms with Crippen molar-refractivity contribution in [2.75, 3.05) is 33.3 Å². The molecule has 0 N–H and O–H groups in total. The second kappa shape index (κ2) is 7.70. The van der Waals surface area contributed by atoms with Gasteiger partial charge in [0.05, 0.1) is 18.7 Å². The van der Waals surface area contributed by atoms with Crippen LogP contribution in [0.4, 0.5) is 0 Å². The van der Waals surface area contributed by atoms with Crippen LogP contribution in [0.5, 0.6) is 5.75 Å². The molecule has 1 heterocycles. The fourth-order valence-corrected chi connectivity index (χ4v) is 2.92. The second-order valence-corrected chi connectivity index (χ2v) is 6.01. The number of nitrogens with zero attached hydrogens (tertiary/aromatic N) is 3. The van der Waals surface area contributed by atoms with Crippen LogP contribution in [0.25, 0.3) is 0 Å². The van der Waals surface area contributed by atoms with Gasteiger partial charge in [-0.1, -0.05) is 6.07 Å². The maximum atomic E-state index is 12.6. The second-order valence-electron chi connectivity index (χ2n) is 6.01. The molecule has 2 aromatic rings. The van der Waals surface area contributed by atoms with E-state index in [-0.39, 0.29) is 11.8 Å². The molecule has 26 heavy (non-hydrogen) atoms. The van der Waals surface area contributed by atoms with Crippen molar-refractivity contribution >= 4 is 11.8 Å². The third-order valence-electron chi connectivity index (χ3n) is 4.43. The summed E-state index contributed by atoms with van der Waals surface area (Å²) in [6.45, 7) is 1.93. The molecular weight excluding hydrogens is 330 g/mol. The van der Waals surface area contributed by atoms with Gasteiger partial charge in [0, 0.05) is 37.3 Å². The van der Waals surface area contributed by atoms with E-state index in [0.717, 1.165) is 0 Å². The summed E-state index contributed by atoms with van der Waals surface area (Å²) in [4.78, 5) is 28.7. The van der Waals surface area contributed by atoms with Crippen molar-refractivity contribution in [1.82, 2.24) is 9.80 Å². The quantitative estimate of drug-likeness (QED) is 0.851. The zero-order chi connectivity index (χ0) is 18.5. The van der Waals surface area contributed by atoms with E-state index in [1.807, 2.05) is 6.07 Å². The zero-order valence-corrected chi connectivity index (χ0v) is 14.5. The molecule has 1 saturated heterocycles. The van der Waals surface area contributed by atoms with Crippen LogP contribution in [0.2, 0.25) is 0 Å². The molecule has 1 aliphatic heterocycles. The summed E-state index contributed by atoms with van der Waals surface area (Å²) in [6.07, 6.45) is 0. The number of ether oxygens (including phenoxy) is 1. The molecule has 1 fully saturated rings. The van der Waals surface area contributed by atoms with Gasteiger partial charge in [-0.3, -0.25) is 9.59 Å². The van der Waals surface area contributed by atoms with Gasteiger partial charge in [0.25, 0.3) is 11.8 Å². The van der Waals surface area contributed by atoms with Gasteiger partial charge in [0.2, 0.25) is 0 Å². The van der Waals surface area contributed by atoms with Gasteiger partial charge in [0.1, 0.15) is 5.75 Å². The molecule has 0 saturated carbocycles. The topological polar surface area (TPSA) is 73.6 Å². The number of carbonyl (C=O) groups is 2. The first-order valence-electron chi connectivity index (χ1n) is 8.35. The average molecular weight is 349 g/mol. The number of carbonyl (C=O) groups excluding carboxylic acids is 2. The van der Waals surface area contributed by atoms with E-state index in [0.29, 0.717) is 48.6 Å². The highest BCUT2D eigenvalue weighted by Gasteiger charge is 2.25. The van der Waals surface area contributed by atoms with Gasteiger partial charge in [-0.05, 0) is 42.5 Å². The van der Waals surface area contributed by atoms with E-state index in [9.17, 15) is 9.59 Å². The van der Waals surface area contributed by atoms with E-state index >= 15 is 0 Å². The monoisotopic (exact) mass is 349 g/mol. The lowest BCUT2D eigenvalue weighted by Crippen LogP contribution is -2.50. The minimum atomic E-state index is -0.0806. The smallest absolute Gasteiger partial charge is 0.254 e. The highest BCUT2D eigenvalue weighted by molar-refractivity contribution is 5.96. The molecule has 0 aromatic heterocycles. The Labute approximate surface area is 152 Å². The Morgan fingerprint density at radius 2 is 1.50 bits per heavy atom. The lowest BCUT2D eigenvalue weighted by molar-refractivity contribution is 0.0535. The Balaban J connectivity index is 1.62. The number of piperazine rings is 1. The molecule has 2 amide bonds. The molecule has 3 rings (SSSR count). The highest BCUT2D eigenvalue weighted by atomic mass is 16.5. The summed E-state index contributed by atoms with van der Waals surface area (Å²) in [5, 5.41) is 8.83. The van der Waals surface area contributed by atoms with Crippen molar-refractivity contribution in [2.45, 2.75) is 0 Å². The molecule has 1 aliphatic rings. The summed E-state index contributed by atoms with van der Waals surface area (Å²) in [5.74, 6) is 0.503. The Kier molecular flexibility index (Phi) is 5.18. The van der Waals surface area contributed by atoms with E-state index < -0.39 is 0 Å². The van der Waals surface area contributed by atoms with Crippen LogP contribution in [0.3, 0.4) is 0 Å². The van der Waals surface area contributed by atoms with E-state index in [1.165, 1.54) is 0 Å².